The lowest BCUT2D eigenvalue weighted by Crippen LogP contribution is -2.24. The van der Waals surface area contributed by atoms with Crippen molar-refractivity contribution in [1.82, 2.24) is 14.8 Å². The number of hydrogen-bond acceptors (Lipinski definition) is 6. The Bertz CT molecular complexity index is 954. The highest BCUT2D eigenvalue weighted by molar-refractivity contribution is 5.43. The maximum Gasteiger partial charge on any atom is 0.192 e. The van der Waals surface area contributed by atoms with Gasteiger partial charge in [0.1, 0.15) is 6.61 Å². The van der Waals surface area contributed by atoms with Gasteiger partial charge in [-0.05, 0) is 29.8 Å². The van der Waals surface area contributed by atoms with Gasteiger partial charge in [0.15, 0.2) is 40.8 Å². The summed E-state index contributed by atoms with van der Waals surface area (Å²) in [5.74, 6) is 4.30. The van der Waals surface area contributed by atoms with Crippen LogP contribution in [-0.4, -0.2) is 35.6 Å². The van der Waals surface area contributed by atoms with Crippen molar-refractivity contribution in [3.05, 3.63) is 59.7 Å². The minimum atomic E-state index is -0.295. The highest BCUT2D eigenvalue weighted by Gasteiger charge is 2.27. The fraction of sp³-hybridized carbons (Fsp3) is 0.300. The number of ether oxygens (including phenoxy) is 4. The number of nitrogens with zero attached hydrogens (tertiary/aromatic N) is 3. The maximum atomic E-state index is 6.04. The van der Waals surface area contributed by atoms with Crippen molar-refractivity contribution in [2.24, 2.45) is 7.05 Å². The first kappa shape index (κ1) is 17.2. The predicted octanol–water partition coefficient (Wildman–Crippen LogP) is 2.94. The average Bonchev–Trinajstić information content (AvgIpc) is 3.07. The SMILES string of the molecule is COc1ccc(Cc2nc(C3COc4ccccc4O3)n(C)n2)cc1OC. The summed E-state index contributed by atoms with van der Waals surface area (Å²) in [7, 11) is 5.11. The molecular formula is C20H21N3O4. The summed E-state index contributed by atoms with van der Waals surface area (Å²) in [5.41, 5.74) is 1.04. The van der Waals surface area contributed by atoms with Gasteiger partial charge in [-0.2, -0.15) is 5.10 Å². The van der Waals surface area contributed by atoms with E-state index in [4.69, 9.17) is 18.9 Å². The van der Waals surface area contributed by atoms with E-state index in [1.807, 2.05) is 49.5 Å². The highest BCUT2D eigenvalue weighted by atomic mass is 16.6. The molecule has 4 rings (SSSR count). The van der Waals surface area contributed by atoms with Gasteiger partial charge in [0, 0.05) is 13.5 Å². The molecule has 0 fully saturated rings. The fourth-order valence-electron chi connectivity index (χ4n) is 3.13. The van der Waals surface area contributed by atoms with Crippen molar-refractivity contribution in [3.8, 4) is 23.0 Å². The molecule has 2 aromatic carbocycles. The molecule has 1 atom stereocenters. The van der Waals surface area contributed by atoms with Crippen LogP contribution in [0.4, 0.5) is 0 Å². The zero-order valence-corrected chi connectivity index (χ0v) is 15.5. The Balaban J connectivity index is 1.54. The van der Waals surface area contributed by atoms with Crippen LogP contribution < -0.4 is 18.9 Å². The van der Waals surface area contributed by atoms with Crippen LogP contribution in [0.15, 0.2) is 42.5 Å². The first-order valence-corrected chi connectivity index (χ1v) is 8.67. The number of rotatable bonds is 5. The first-order chi connectivity index (χ1) is 13.2. The van der Waals surface area contributed by atoms with E-state index in [2.05, 4.69) is 10.1 Å². The summed E-state index contributed by atoms with van der Waals surface area (Å²) >= 11 is 0. The molecule has 7 heteroatoms. The third kappa shape index (κ3) is 3.40. The molecule has 1 aliphatic rings. The average molecular weight is 367 g/mol. The van der Waals surface area contributed by atoms with Crippen LogP contribution in [0.5, 0.6) is 23.0 Å². The zero-order chi connectivity index (χ0) is 18.8. The van der Waals surface area contributed by atoms with Crippen molar-refractivity contribution in [2.45, 2.75) is 12.5 Å². The number of aryl methyl sites for hydroxylation is 1. The number of methoxy groups -OCH3 is 2. The van der Waals surface area contributed by atoms with Crippen molar-refractivity contribution < 1.29 is 18.9 Å². The number of benzene rings is 2. The van der Waals surface area contributed by atoms with E-state index in [9.17, 15) is 0 Å². The molecule has 0 amide bonds. The quantitative estimate of drug-likeness (QED) is 0.691. The third-order valence-corrected chi connectivity index (χ3v) is 4.45. The van der Waals surface area contributed by atoms with E-state index >= 15 is 0 Å². The summed E-state index contributed by atoms with van der Waals surface area (Å²) in [4.78, 5) is 4.67. The molecular weight excluding hydrogens is 346 g/mol. The summed E-state index contributed by atoms with van der Waals surface area (Å²) in [6.45, 7) is 0.402. The topological polar surface area (TPSA) is 67.6 Å². The largest absolute Gasteiger partial charge is 0.493 e. The van der Waals surface area contributed by atoms with Crippen LogP contribution >= 0.6 is 0 Å². The lowest BCUT2D eigenvalue weighted by atomic mass is 10.1. The van der Waals surface area contributed by atoms with Crippen LogP contribution in [-0.2, 0) is 13.5 Å². The molecule has 3 aromatic rings. The maximum absolute atomic E-state index is 6.04. The van der Waals surface area contributed by atoms with Crippen LogP contribution in [0.1, 0.15) is 23.3 Å². The molecule has 27 heavy (non-hydrogen) atoms. The molecule has 0 aliphatic carbocycles. The second kappa shape index (κ2) is 7.19. The van der Waals surface area contributed by atoms with E-state index in [0.717, 1.165) is 22.9 Å². The Labute approximate surface area is 157 Å². The second-order valence-corrected chi connectivity index (χ2v) is 6.24. The van der Waals surface area contributed by atoms with Gasteiger partial charge in [-0.25, -0.2) is 9.67 Å². The van der Waals surface area contributed by atoms with Gasteiger partial charge in [0.25, 0.3) is 0 Å². The van der Waals surface area contributed by atoms with Gasteiger partial charge in [0.05, 0.1) is 14.2 Å². The molecule has 2 heterocycles. The molecule has 0 spiro atoms. The fourth-order valence-corrected chi connectivity index (χ4v) is 3.13. The number of aromatic nitrogens is 3. The number of hydrogen-bond donors (Lipinski definition) is 0. The summed E-state index contributed by atoms with van der Waals surface area (Å²) < 4.78 is 24.2. The predicted molar refractivity (Wildman–Crippen MR) is 98.7 cm³/mol. The van der Waals surface area contributed by atoms with Crippen LogP contribution in [0.3, 0.4) is 0 Å². The van der Waals surface area contributed by atoms with Gasteiger partial charge >= 0.3 is 0 Å². The van der Waals surface area contributed by atoms with Gasteiger partial charge in [-0.3, -0.25) is 0 Å². The molecule has 0 radical (unpaired) electrons. The monoisotopic (exact) mass is 367 g/mol. The normalized spacial score (nSPS) is 15.4. The molecule has 0 saturated heterocycles. The summed E-state index contributed by atoms with van der Waals surface area (Å²) in [6, 6.07) is 13.4. The minimum absolute atomic E-state index is 0.295. The van der Waals surface area contributed by atoms with Crippen molar-refractivity contribution >= 4 is 0 Å². The van der Waals surface area contributed by atoms with Gasteiger partial charge in [0.2, 0.25) is 0 Å². The first-order valence-electron chi connectivity index (χ1n) is 8.67. The molecule has 7 nitrogen and oxygen atoms in total. The summed E-state index contributed by atoms with van der Waals surface area (Å²) in [6.07, 6.45) is 0.287. The van der Waals surface area contributed by atoms with Gasteiger partial charge in [-0.15, -0.1) is 0 Å². The van der Waals surface area contributed by atoms with Crippen LogP contribution in [0, 0.1) is 0 Å². The Hall–Kier alpha value is -3.22. The van der Waals surface area contributed by atoms with Crippen molar-refractivity contribution in [3.63, 3.8) is 0 Å². The van der Waals surface area contributed by atoms with Crippen molar-refractivity contribution in [1.29, 1.82) is 0 Å². The van der Waals surface area contributed by atoms with Crippen LogP contribution in [0.2, 0.25) is 0 Å². The molecule has 0 saturated carbocycles. The van der Waals surface area contributed by atoms with Gasteiger partial charge in [-0.1, -0.05) is 18.2 Å². The minimum Gasteiger partial charge on any atom is -0.493 e. The molecule has 140 valence electrons. The lowest BCUT2D eigenvalue weighted by Gasteiger charge is -2.25. The zero-order valence-electron chi connectivity index (χ0n) is 15.5. The summed E-state index contributed by atoms with van der Waals surface area (Å²) in [5, 5.41) is 4.53. The van der Waals surface area contributed by atoms with E-state index < -0.39 is 0 Å². The molecule has 1 unspecified atom stereocenters. The Morgan fingerprint density at radius 3 is 2.63 bits per heavy atom. The number of para-hydroxylation sites is 2. The molecule has 0 bridgehead atoms. The third-order valence-electron chi connectivity index (χ3n) is 4.45. The molecule has 1 aliphatic heterocycles. The molecule has 1 aromatic heterocycles. The Morgan fingerprint density at radius 1 is 1.07 bits per heavy atom. The number of fused-ring (bicyclic) bond motifs is 1. The van der Waals surface area contributed by atoms with E-state index in [-0.39, 0.29) is 6.10 Å². The Kier molecular flexibility index (Phi) is 4.58. The standard InChI is InChI=1S/C20H21N3O4/c1-23-20(18-12-26-15-6-4-5-7-16(15)27-18)21-19(22-23)11-13-8-9-14(24-2)17(10-13)25-3/h4-10,18H,11-12H2,1-3H3. The lowest BCUT2D eigenvalue weighted by molar-refractivity contribution is 0.0824. The van der Waals surface area contributed by atoms with Gasteiger partial charge < -0.3 is 18.9 Å². The van der Waals surface area contributed by atoms with Crippen LogP contribution in [0.25, 0.3) is 0 Å². The Morgan fingerprint density at radius 2 is 1.85 bits per heavy atom. The van der Waals surface area contributed by atoms with E-state index in [1.54, 1.807) is 18.9 Å². The van der Waals surface area contributed by atoms with E-state index in [1.165, 1.54) is 0 Å². The molecule has 0 N–H and O–H groups in total. The van der Waals surface area contributed by atoms with E-state index in [0.29, 0.717) is 30.4 Å². The van der Waals surface area contributed by atoms with Crippen molar-refractivity contribution in [2.75, 3.05) is 20.8 Å². The second-order valence-electron chi connectivity index (χ2n) is 6.24. The smallest absolute Gasteiger partial charge is 0.192 e. The highest BCUT2D eigenvalue weighted by Crippen LogP contribution is 2.35.